The molecule has 1 amide bonds. The van der Waals surface area contributed by atoms with Gasteiger partial charge in [0.15, 0.2) is 0 Å². The Morgan fingerprint density at radius 3 is 2.38 bits per heavy atom. The van der Waals surface area contributed by atoms with Gasteiger partial charge in [0, 0.05) is 38.4 Å². The van der Waals surface area contributed by atoms with Crippen LogP contribution in [0.2, 0.25) is 5.02 Å². The first kappa shape index (κ1) is 15.7. The molecule has 1 aromatic carbocycles. The Bertz CT molecular complexity index is 553. The summed E-state index contributed by atoms with van der Waals surface area (Å²) in [6.45, 7) is 0.634. The van der Waals surface area contributed by atoms with Crippen molar-refractivity contribution < 1.29 is 19.2 Å². The number of nitrogens with zero attached hydrogens (tertiary/aromatic N) is 2. The second-order valence-electron chi connectivity index (χ2n) is 4.68. The second-order valence-corrected chi connectivity index (χ2v) is 5.11. The van der Waals surface area contributed by atoms with Crippen LogP contribution in [0, 0.1) is 10.1 Å². The molecule has 0 spiro atoms. The Morgan fingerprint density at radius 2 is 1.90 bits per heavy atom. The van der Waals surface area contributed by atoms with E-state index in [1.165, 1.54) is 37.3 Å². The lowest BCUT2D eigenvalue weighted by Crippen LogP contribution is -2.30. The van der Waals surface area contributed by atoms with Crippen molar-refractivity contribution in [3.63, 3.8) is 0 Å². The van der Waals surface area contributed by atoms with Crippen LogP contribution in [0.4, 0.5) is 5.69 Å². The van der Waals surface area contributed by atoms with Gasteiger partial charge in [-0.15, -0.1) is 0 Å². The molecular weight excluding hydrogens is 300 g/mol. The summed E-state index contributed by atoms with van der Waals surface area (Å²) in [4.78, 5) is 24.4. The molecule has 2 unspecified atom stereocenters. The van der Waals surface area contributed by atoms with Crippen molar-refractivity contribution in [3.8, 4) is 0 Å². The molecule has 0 bridgehead atoms. The minimum Gasteiger partial charge on any atom is -0.377 e. The standard InChI is InChI=1S/C13H15ClN2O5/c1-20-11-6-15(7-12(11)21-2)13(17)9-5-8(14)3-4-10(9)16(18)19/h3-5,11-12H,6-7H2,1-2H3. The summed E-state index contributed by atoms with van der Waals surface area (Å²) in [7, 11) is 3.07. The van der Waals surface area contributed by atoms with Gasteiger partial charge >= 0.3 is 0 Å². The van der Waals surface area contributed by atoms with Crippen LogP contribution in [0.25, 0.3) is 0 Å². The van der Waals surface area contributed by atoms with Crippen molar-refractivity contribution in [1.82, 2.24) is 4.90 Å². The SMILES string of the molecule is COC1CN(C(=O)c2cc(Cl)ccc2[N+](=O)[O-])CC1OC. The topological polar surface area (TPSA) is 81.9 Å². The fourth-order valence-corrected chi connectivity index (χ4v) is 2.54. The number of amides is 1. The molecule has 2 atom stereocenters. The Kier molecular flexibility index (Phi) is 4.76. The Labute approximate surface area is 126 Å². The second kappa shape index (κ2) is 6.38. The van der Waals surface area contributed by atoms with Crippen LogP contribution in [0.15, 0.2) is 18.2 Å². The largest absolute Gasteiger partial charge is 0.377 e. The first-order valence-corrected chi connectivity index (χ1v) is 6.64. The van der Waals surface area contributed by atoms with Gasteiger partial charge in [-0.1, -0.05) is 11.6 Å². The van der Waals surface area contributed by atoms with Crippen LogP contribution < -0.4 is 0 Å². The van der Waals surface area contributed by atoms with Gasteiger partial charge in [0.2, 0.25) is 0 Å². The van der Waals surface area contributed by atoms with Gasteiger partial charge in [-0.2, -0.15) is 0 Å². The Hall–Kier alpha value is -1.70. The van der Waals surface area contributed by atoms with Crippen LogP contribution in [0.1, 0.15) is 10.4 Å². The number of halogens is 1. The van der Waals surface area contributed by atoms with Gasteiger partial charge in [0.25, 0.3) is 11.6 Å². The molecule has 0 saturated carbocycles. The molecular formula is C13H15ClN2O5. The Balaban J connectivity index is 2.29. The summed E-state index contributed by atoms with van der Waals surface area (Å²) in [5.41, 5.74) is -0.293. The number of hydrogen-bond acceptors (Lipinski definition) is 5. The summed E-state index contributed by atoms with van der Waals surface area (Å²) < 4.78 is 10.5. The van der Waals surface area contributed by atoms with Crippen LogP contribution in [-0.2, 0) is 9.47 Å². The highest BCUT2D eigenvalue weighted by atomic mass is 35.5. The molecule has 0 aromatic heterocycles. The average Bonchev–Trinajstić information content (AvgIpc) is 2.89. The van der Waals surface area contributed by atoms with E-state index in [9.17, 15) is 14.9 Å². The average molecular weight is 315 g/mol. The maximum Gasteiger partial charge on any atom is 0.282 e. The third kappa shape index (κ3) is 3.15. The molecule has 2 rings (SSSR count). The monoisotopic (exact) mass is 314 g/mol. The predicted molar refractivity (Wildman–Crippen MR) is 75.6 cm³/mol. The van der Waals surface area contributed by atoms with Gasteiger partial charge < -0.3 is 14.4 Å². The first-order valence-electron chi connectivity index (χ1n) is 6.26. The van der Waals surface area contributed by atoms with Crippen molar-refractivity contribution in [1.29, 1.82) is 0 Å². The summed E-state index contributed by atoms with van der Waals surface area (Å²) in [6, 6.07) is 3.92. The molecule has 0 N–H and O–H groups in total. The quantitative estimate of drug-likeness (QED) is 0.624. The van der Waals surface area contributed by atoms with Crippen molar-refractivity contribution in [2.45, 2.75) is 12.2 Å². The van der Waals surface area contributed by atoms with Crippen molar-refractivity contribution in [2.75, 3.05) is 27.3 Å². The number of carbonyl (C=O) groups is 1. The minimum atomic E-state index is -0.596. The van der Waals surface area contributed by atoms with Gasteiger partial charge in [-0.3, -0.25) is 14.9 Å². The molecule has 1 saturated heterocycles. The molecule has 1 fully saturated rings. The first-order chi connectivity index (χ1) is 9.97. The summed E-state index contributed by atoms with van der Waals surface area (Å²) in [5, 5.41) is 11.3. The minimum absolute atomic E-state index is 0.0286. The van der Waals surface area contributed by atoms with Crippen molar-refractivity contribution in [2.24, 2.45) is 0 Å². The zero-order valence-corrected chi connectivity index (χ0v) is 12.4. The fraction of sp³-hybridized carbons (Fsp3) is 0.462. The van der Waals surface area contributed by atoms with Crippen LogP contribution in [-0.4, -0.2) is 55.2 Å². The number of likely N-dealkylation sites (tertiary alicyclic amines) is 1. The van der Waals surface area contributed by atoms with Gasteiger partial charge in [0.1, 0.15) is 17.8 Å². The molecule has 1 aliphatic rings. The van der Waals surface area contributed by atoms with E-state index in [1.807, 2.05) is 0 Å². The lowest BCUT2D eigenvalue weighted by Gasteiger charge is -2.15. The van der Waals surface area contributed by atoms with E-state index in [-0.39, 0.29) is 28.5 Å². The number of carbonyl (C=O) groups excluding carboxylic acids is 1. The molecule has 1 aromatic rings. The van der Waals surface area contributed by atoms with E-state index in [0.717, 1.165) is 0 Å². The van der Waals surface area contributed by atoms with Crippen molar-refractivity contribution >= 4 is 23.2 Å². The van der Waals surface area contributed by atoms with Gasteiger partial charge in [0.05, 0.1) is 4.92 Å². The summed E-state index contributed by atoms with van der Waals surface area (Å²) in [5.74, 6) is -0.453. The smallest absolute Gasteiger partial charge is 0.282 e. The molecule has 1 heterocycles. The number of rotatable bonds is 4. The molecule has 8 heteroatoms. The van der Waals surface area contributed by atoms with Crippen LogP contribution in [0.3, 0.4) is 0 Å². The zero-order valence-electron chi connectivity index (χ0n) is 11.6. The van der Waals surface area contributed by atoms with Crippen LogP contribution in [0.5, 0.6) is 0 Å². The maximum atomic E-state index is 12.5. The highest BCUT2D eigenvalue weighted by molar-refractivity contribution is 6.31. The molecule has 0 aliphatic carbocycles. The van der Waals surface area contributed by atoms with Crippen LogP contribution >= 0.6 is 11.6 Å². The molecule has 1 aliphatic heterocycles. The number of hydrogen-bond donors (Lipinski definition) is 0. The third-order valence-electron chi connectivity index (χ3n) is 3.49. The lowest BCUT2D eigenvalue weighted by atomic mass is 10.1. The van der Waals surface area contributed by atoms with Crippen molar-refractivity contribution in [3.05, 3.63) is 38.9 Å². The van der Waals surface area contributed by atoms with E-state index < -0.39 is 10.8 Å². The van der Waals surface area contributed by atoms with Gasteiger partial charge in [-0.05, 0) is 12.1 Å². The van der Waals surface area contributed by atoms with E-state index in [1.54, 1.807) is 0 Å². The normalized spacial score (nSPS) is 21.6. The summed E-state index contributed by atoms with van der Waals surface area (Å²) in [6.07, 6.45) is -0.505. The molecule has 7 nitrogen and oxygen atoms in total. The van der Waals surface area contributed by atoms with Gasteiger partial charge in [-0.25, -0.2) is 0 Å². The maximum absolute atomic E-state index is 12.5. The number of ether oxygens (including phenoxy) is 2. The molecule has 114 valence electrons. The fourth-order valence-electron chi connectivity index (χ4n) is 2.37. The lowest BCUT2D eigenvalue weighted by molar-refractivity contribution is -0.385. The predicted octanol–water partition coefficient (Wildman–Crippen LogP) is 1.73. The highest BCUT2D eigenvalue weighted by Gasteiger charge is 2.37. The molecule has 21 heavy (non-hydrogen) atoms. The number of methoxy groups -OCH3 is 2. The highest BCUT2D eigenvalue weighted by Crippen LogP contribution is 2.26. The third-order valence-corrected chi connectivity index (χ3v) is 3.73. The number of benzene rings is 1. The number of nitro groups is 1. The molecule has 0 radical (unpaired) electrons. The van der Waals surface area contributed by atoms with E-state index >= 15 is 0 Å². The van der Waals surface area contributed by atoms with E-state index in [4.69, 9.17) is 21.1 Å². The van der Waals surface area contributed by atoms with E-state index in [0.29, 0.717) is 13.1 Å². The summed E-state index contributed by atoms with van der Waals surface area (Å²) >= 11 is 5.84. The Morgan fingerprint density at radius 1 is 1.33 bits per heavy atom. The number of nitro benzene ring substituents is 1. The van der Waals surface area contributed by atoms with E-state index in [2.05, 4.69) is 0 Å². The zero-order chi connectivity index (χ0) is 15.6.